The van der Waals surface area contributed by atoms with Gasteiger partial charge in [0, 0.05) is 0 Å². The molecule has 1 aromatic carbocycles. The lowest BCUT2D eigenvalue weighted by atomic mass is 9.78. The molecule has 7 heteroatoms. The summed E-state index contributed by atoms with van der Waals surface area (Å²) < 4.78 is 63.3. The van der Waals surface area contributed by atoms with Crippen molar-refractivity contribution in [3.63, 3.8) is 0 Å². The van der Waals surface area contributed by atoms with Gasteiger partial charge in [0.2, 0.25) is 0 Å². The number of rotatable bonds is 2. The first-order valence-corrected chi connectivity index (χ1v) is 6.18. The Bertz CT molecular complexity index is 515. The lowest BCUT2D eigenvalue weighted by Crippen LogP contribution is -2.41. The molecule has 0 spiro atoms. The zero-order chi connectivity index (χ0) is 15.3. The third kappa shape index (κ3) is 2.44. The van der Waals surface area contributed by atoms with Crippen molar-refractivity contribution >= 4 is 12.6 Å². The maximum absolute atomic E-state index is 13.4. The summed E-state index contributed by atoms with van der Waals surface area (Å²) in [7, 11) is -1.01. The number of halogens is 4. The first kappa shape index (κ1) is 15.3. The first-order valence-electron chi connectivity index (χ1n) is 6.18. The van der Waals surface area contributed by atoms with E-state index < -0.39 is 41.9 Å². The molecule has 110 valence electrons. The Morgan fingerprint density at radius 2 is 1.50 bits per heavy atom. The zero-order valence-electron chi connectivity index (χ0n) is 11.6. The second-order valence-electron chi connectivity index (χ2n) is 5.79. The number of hydrogen-bond acceptors (Lipinski definition) is 2. The van der Waals surface area contributed by atoms with Crippen molar-refractivity contribution in [1.29, 1.82) is 0 Å². The van der Waals surface area contributed by atoms with Crippen LogP contribution >= 0.6 is 0 Å². The fraction of sp³-hybridized carbons (Fsp3) is 0.538. The van der Waals surface area contributed by atoms with E-state index in [1.165, 1.54) is 0 Å². The Balaban J connectivity index is 2.41. The molecule has 20 heavy (non-hydrogen) atoms. The third-order valence-corrected chi connectivity index (χ3v) is 3.84. The van der Waals surface area contributed by atoms with E-state index in [1.54, 1.807) is 27.7 Å². The van der Waals surface area contributed by atoms with Crippen LogP contribution < -0.4 is 5.46 Å². The summed E-state index contributed by atoms with van der Waals surface area (Å²) >= 11 is 0. The van der Waals surface area contributed by atoms with Gasteiger partial charge in [0.25, 0.3) is 6.43 Å². The van der Waals surface area contributed by atoms with Gasteiger partial charge >= 0.3 is 7.12 Å². The normalized spacial score (nSPS) is 20.8. The zero-order valence-corrected chi connectivity index (χ0v) is 11.6. The molecule has 0 saturated carbocycles. The van der Waals surface area contributed by atoms with Crippen molar-refractivity contribution in [1.82, 2.24) is 0 Å². The molecule has 1 heterocycles. The minimum atomic E-state index is -3.10. The lowest BCUT2D eigenvalue weighted by molar-refractivity contribution is 0.00578. The van der Waals surface area contributed by atoms with Gasteiger partial charge in [-0.25, -0.2) is 17.6 Å². The maximum atomic E-state index is 13.4. The van der Waals surface area contributed by atoms with Crippen LogP contribution in [-0.4, -0.2) is 18.3 Å². The molecule has 0 aromatic heterocycles. The van der Waals surface area contributed by atoms with E-state index in [-0.39, 0.29) is 5.46 Å². The molecule has 0 aliphatic carbocycles. The minimum absolute atomic E-state index is 0.0397. The smallest absolute Gasteiger partial charge is 0.399 e. The van der Waals surface area contributed by atoms with Gasteiger partial charge in [0.15, 0.2) is 11.6 Å². The van der Waals surface area contributed by atoms with Crippen LogP contribution in [0.3, 0.4) is 0 Å². The molecule has 2 rings (SSSR count). The Kier molecular flexibility index (Phi) is 3.63. The molecule has 2 nitrogen and oxygen atoms in total. The van der Waals surface area contributed by atoms with Crippen LogP contribution in [0.15, 0.2) is 12.1 Å². The number of alkyl halides is 2. The quantitative estimate of drug-likeness (QED) is 0.615. The molecular weight excluding hydrogens is 275 g/mol. The highest BCUT2D eigenvalue weighted by Crippen LogP contribution is 2.36. The third-order valence-electron chi connectivity index (χ3n) is 3.84. The predicted molar refractivity (Wildman–Crippen MR) is 67.0 cm³/mol. The van der Waals surface area contributed by atoms with Crippen LogP contribution in [0.5, 0.6) is 0 Å². The second kappa shape index (κ2) is 4.74. The van der Waals surface area contributed by atoms with Crippen LogP contribution in [0.25, 0.3) is 0 Å². The largest absolute Gasteiger partial charge is 0.494 e. The maximum Gasteiger partial charge on any atom is 0.494 e. The summed E-state index contributed by atoms with van der Waals surface area (Å²) in [4.78, 5) is 0. The van der Waals surface area contributed by atoms with E-state index in [0.717, 1.165) is 12.1 Å². The van der Waals surface area contributed by atoms with Gasteiger partial charge in [-0.3, -0.25) is 0 Å². The van der Waals surface area contributed by atoms with Crippen LogP contribution in [0, 0.1) is 11.6 Å². The summed E-state index contributed by atoms with van der Waals surface area (Å²) in [6.07, 6.45) is -3.10. The SMILES string of the molecule is CC1(C)OB(c2cc(F)c(F)c(C(F)F)c2)OC1(C)C. The van der Waals surface area contributed by atoms with Crippen LogP contribution in [0.4, 0.5) is 17.6 Å². The molecule has 0 bridgehead atoms. The Morgan fingerprint density at radius 1 is 1.00 bits per heavy atom. The van der Waals surface area contributed by atoms with Gasteiger partial charge in [-0.2, -0.15) is 0 Å². The molecule has 1 fully saturated rings. The highest BCUT2D eigenvalue weighted by Gasteiger charge is 2.52. The van der Waals surface area contributed by atoms with E-state index >= 15 is 0 Å². The lowest BCUT2D eigenvalue weighted by Gasteiger charge is -2.32. The van der Waals surface area contributed by atoms with Gasteiger partial charge in [-0.15, -0.1) is 0 Å². The van der Waals surface area contributed by atoms with E-state index in [2.05, 4.69) is 0 Å². The molecule has 1 aromatic rings. The molecule has 1 saturated heterocycles. The van der Waals surface area contributed by atoms with Gasteiger partial charge in [0.05, 0.1) is 16.8 Å². The van der Waals surface area contributed by atoms with Crippen molar-refractivity contribution in [2.75, 3.05) is 0 Å². The van der Waals surface area contributed by atoms with Crippen molar-refractivity contribution in [3.05, 3.63) is 29.3 Å². The highest BCUT2D eigenvalue weighted by atomic mass is 19.3. The van der Waals surface area contributed by atoms with Crippen molar-refractivity contribution in [2.24, 2.45) is 0 Å². The molecule has 1 aliphatic rings. The summed E-state index contributed by atoms with van der Waals surface area (Å²) in [5.74, 6) is -2.88. The minimum Gasteiger partial charge on any atom is -0.399 e. The summed E-state index contributed by atoms with van der Waals surface area (Å²) in [5.41, 5.74) is -2.33. The Labute approximate surface area is 115 Å². The van der Waals surface area contributed by atoms with E-state index in [9.17, 15) is 17.6 Å². The van der Waals surface area contributed by atoms with Gasteiger partial charge in [-0.05, 0) is 39.2 Å². The average molecular weight is 290 g/mol. The molecule has 0 unspecified atom stereocenters. The molecule has 0 amide bonds. The van der Waals surface area contributed by atoms with Gasteiger partial charge in [-0.1, -0.05) is 6.07 Å². The Hall–Kier alpha value is -1.08. The molecular formula is C13H15BF4O2. The molecule has 1 aliphatic heterocycles. The first-order chi connectivity index (χ1) is 9.05. The van der Waals surface area contributed by atoms with Crippen molar-refractivity contribution in [3.8, 4) is 0 Å². The molecule has 0 radical (unpaired) electrons. The summed E-state index contributed by atoms with van der Waals surface area (Å²) in [6.45, 7) is 7.11. The predicted octanol–water partition coefficient (Wildman–Crippen LogP) is 3.20. The second-order valence-corrected chi connectivity index (χ2v) is 5.79. The van der Waals surface area contributed by atoms with Crippen molar-refractivity contribution < 1.29 is 26.9 Å². The van der Waals surface area contributed by atoms with E-state index in [1.807, 2.05) is 0 Å². The highest BCUT2D eigenvalue weighted by molar-refractivity contribution is 6.62. The fourth-order valence-corrected chi connectivity index (χ4v) is 1.91. The van der Waals surface area contributed by atoms with Crippen molar-refractivity contribution in [2.45, 2.75) is 45.3 Å². The van der Waals surface area contributed by atoms with Crippen LogP contribution in [-0.2, 0) is 9.31 Å². The standard InChI is InChI=1S/C13H15BF4O2/c1-12(2)13(3,4)20-14(19-12)7-5-8(11(17)18)10(16)9(15)6-7/h5-6,11H,1-4H3. The summed E-state index contributed by atoms with van der Waals surface area (Å²) in [6, 6.07) is 1.70. The molecule has 0 N–H and O–H groups in total. The molecule has 0 atom stereocenters. The van der Waals surface area contributed by atoms with Gasteiger partial charge in [0.1, 0.15) is 0 Å². The van der Waals surface area contributed by atoms with E-state index in [4.69, 9.17) is 9.31 Å². The number of benzene rings is 1. The summed E-state index contributed by atoms with van der Waals surface area (Å²) in [5, 5.41) is 0. The average Bonchev–Trinajstić information content (AvgIpc) is 2.51. The fourth-order valence-electron chi connectivity index (χ4n) is 1.91. The van der Waals surface area contributed by atoms with Crippen LogP contribution in [0.2, 0.25) is 0 Å². The van der Waals surface area contributed by atoms with Gasteiger partial charge < -0.3 is 9.31 Å². The van der Waals surface area contributed by atoms with Crippen LogP contribution in [0.1, 0.15) is 39.7 Å². The Morgan fingerprint density at radius 3 is 1.95 bits per heavy atom. The topological polar surface area (TPSA) is 18.5 Å². The van der Waals surface area contributed by atoms with E-state index in [0.29, 0.717) is 0 Å². The monoisotopic (exact) mass is 290 g/mol. The number of hydrogen-bond donors (Lipinski definition) is 0.